The molecule has 1 aliphatic heterocycles. The maximum atomic E-state index is 4.32. The van der Waals surface area contributed by atoms with Gasteiger partial charge in [0, 0.05) is 32.2 Å². The smallest absolute Gasteiger partial charge is 0.0192 e. The van der Waals surface area contributed by atoms with Crippen LogP contribution in [0.1, 0.15) is 13.8 Å². The molecule has 0 amide bonds. The van der Waals surface area contributed by atoms with Crippen LogP contribution in [0.5, 0.6) is 0 Å². The Morgan fingerprint density at radius 1 is 1.46 bits per heavy atom. The zero-order valence-electron chi connectivity index (χ0n) is 9.03. The predicted molar refractivity (Wildman–Crippen MR) is 61.5 cm³/mol. The third-order valence-corrected chi connectivity index (χ3v) is 3.55. The molecule has 1 saturated heterocycles. The first-order valence-electron chi connectivity index (χ1n) is 5.17. The van der Waals surface area contributed by atoms with E-state index < -0.39 is 0 Å². The molecule has 0 aromatic carbocycles. The zero-order chi connectivity index (χ0) is 9.84. The second-order valence-electron chi connectivity index (χ2n) is 4.38. The molecule has 0 aromatic heterocycles. The average molecular weight is 202 g/mol. The van der Waals surface area contributed by atoms with E-state index >= 15 is 0 Å². The fourth-order valence-electron chi connectivity index (χ4n) is 1.79. The van der Waals surface area contributed by atoms with E-state index in [1.54, 1.807) is 0 Å². The van der Waals surface area contributed by atoms with Crippen molar-refractivity contribution in [2.24, 2.45) is 5.92 Å². The molecule has 0 spiro atoms. The highest BCUT2D eigenvalue weighted by Gasteiger charge is 2.21. The lowest BCUT2D eigenvalue weighted by Gasteiger charge is -2.38. The summed E-state index contributed by atoms with van der Waals surface area (Å²) in [6.07, 6.45) is 0. The number of thiol groups is 1. The molecule has 2 nitrogen and oxygen atoms in total. The molecule has 13 heavy (non-hydrogen) atoms. The quantitative estimate of drug-likeness (QED) is 0.687. The van der Waals surface area contributed by atoms with Gasteiger partial charge in [0.2, 0.25) is 0 Å². The lowest BCUT2D eigenvalue weighted by molar-refractivity contribution is 0.0968. The Labute approximate surface area is 87.7 Å². The summed E-state index contributed by atoms with van der Waals surface area (Å²) in [5, 5.41) is 0. The minimum atomic E-state index is 0.709. The summed E-state index contributed by atoms with van der Waals surface area (Å²) in [7, 11) is 2.21. The van der Waals surface area contributed by atoms with Crippen LogP contribution in [0.25, 0.3) is 0 Å². The minimum absolute atomic E-state index is 0.709. The van der Waals surface area contributed by atoms with Crippen LogP contribution in [0, 0.1) is 5.92 Å². The molecule has 1 fully saturated rings. The molecule has 0 N–H and O–H groups in total. The number of likely N-dealkylation sites (N-methyl/N-ethyl adjacent to an activating group) is 1. The number of rotatable bonds is 3. The van der Waals surface area contributed by atoms with E-state index in [0.29, 0.717) is 6.04 Å². The fraction of sp³-hybridized carbons (Fsp3) is 1.00. The highest BCUT2D eigenvalue weighted by molar-refractivity contribution is 7.80. The molecule has 0 bridgehead atoms. The van der Waals surface area contributed by atoms with Gasteiger partial charge in [-0.1, -0.05) is 6.92 Å². The van der Waals surface area contributed by atoms with Crippen molar-refractivity contribution in [1.82, 2.24) is 9.80 Å². The number of nitrogens with zero attached hydrogens (tertiary/aromatic N) is 2. The molecule has 0 aromatic rings. The van der Waals surface area contributed by atoms with Gasteiger partial charge in [-0.3, -0.25) is 0 Å². The summed E-state index contributed by atoms with van der Waals surface area (Å²) >= 11 is 4.32. The molecule has 1 aliphatic rings. The van der Waals surface area contributed by atoms with Crippen LogP contribution in [0.4, 0.5) is 0 Å². The van der Waals surface area contributed by atoms with Gasteiger partial charge in [-0.05, 0) is 25.6 Å². The number of hydrogen-bond acceptors (Lipinski definition) is 3. The summed E-state index contributed by atoms with van der Waals surface area (Å²) in [5.41, 5.74) is 0. The molecule has 0 saturated carbocycles. The van der Waals surface area contributed by atoms with Crippen LogP contribution in [-0.4, -0.2) is 54.8 Å². The maximum absolute atomic E-state index is 4.32. The molecule has 78 valence electrons. The SMILES string of the molecule is CC(CS)CN1CCN(C)C(C)C1. The standard InChI is InChI=1S/C10H22N2S/c1-9(8-13)6-12-5-4-11(3)10(2)7-12/h9-10,13H,4-8H2,1-3H3. The monoisotopic (exact) mass is 202 g/mol. The third kappa shape index (κ3) is 3.49. The molecule has 3 heteroatoms. The Bertz CT molecular complexity index is 150. The second kappa shape index (κ2) is 5.23. The zero-order valence-corrected chi connectivity index (χ0v) is 9.93. The van der Waals surface area contributed by atoms with Crippen molar-refractivity contribution < 1.29 is 0 Å². The van der Waals surface area contributed by atoms with Gasteiger partial charge >= 0.3 is 0 Å². The van der Waals surface area contributed by atoms with E-state index in [1.165, 1.54) is 26.2 Å². The molecular formula is C10H22N2S. The Balaban J connectivity index is 2.29. The van der Waals surface area contributed by atoms with Crippen LogP contribution in [0.2, 0.25) is 0 Å². The van der Waals surface area contributed by atoms with Crippen LogP contribution in [0.15, 0.2) is 0 Å². The van der Waals surface area contributed by atoms with Crippen LogP contribution >= 0.6 is 12.6 Å². The minimum Gasteiger partial charge on any atom is -0.301 e. The molecule has 0 radical (unpaired) electrons. The highest BCUT2D eigenvalue weighted by Crippen LogP contribution is 2.09. The van der Waals surface area contributed by atoms with Crippen LogP contribution in [-0.2, 0) is 0 Å². The van der Waals surface area contributed by atoms with E-state index in [1.807, 2.05) is 0 Å². The summed E-state index contributed by atoms with van der Waals surface area (Å²) < 4.78 is 0. The van der Waals surface area contributed by atoms with Crippen molar-refractivity contribution >= 4 is 12.6 Å². The van der Waals surface area contributed by atoms with Gasteiger partial charge < -0.3 is 9.80 Å². The van der Waals surface area contributed by atoms with E-state index in [2.05, 4.69) is 43.3 Å². The van der Waals surface area contributed by atoms with Crippen molar-refractivity contribution in [1.29, 1.82) is 0 Å². The summed E-state index contributed by atoms with van der Waals surface area (Å²) in [4.78, 5) is 4.99. The van der Waals surface area contributed by atoms with Gasteiger partial charge in [0.15, 0.2) is 0 Å². The maximum Gasteiger partial charge on any atom is 0.0192 e. The molecule has 1 heterocycles. The van der Waals surface area contributed by atoms with E-state index in [9.17, 15) is 0 Å². The predicted octanol–water partition coefficient (Wildman–Crippen LogP) is 1.19. The first-order valence-corrected chi connectivity index (χ1v) is 5.80. The van der Waals surface area contributed by atoms with Gasteiger partial charge in [0.1, 0.15) is 0 Å². The van der Waals surface area contributed by atoms with Gasteiger partial charge in [-0.25, -0.2) is 0 Å². The Morgan fingerprint density at radius 3 is 2.69 bits per heavy atom. The van der Waals surface area contributed by atoms with Crippen molar-refractivity contribution in [2.45, 2.75) is 19.9 Å². The third-order valence-electron chi connectivity index (χ3n) is 2.93. The lowest BCUT2D eigenvalue weighted by Crippen LogP contribution is -2.51. The molecule has 0 aliphatic carbocycles. The Kier molecular flexibility index (Phi) is 4.56. The number of hydrogen-bond donors (Lipinski definition) is 1. The van der Waals surface area contributed by atoms with Crippen molar-refractivity contribution in [3.63, 3.8) is 0 Å². The van der Waals surface area contributed by atoms with E-state index in [0.717, 1.165) is 11.7 Å². The molecule has 2 unspecified atom stereocenters. The van der Waals surface area contributed by atoms with Gasteiger partial charge in [-0.15, -0.1) is 0 Å². The Hall–Kier alpha value is 0.270. The van der Waals surface area contributed by atoms with Gasteiger partial charge in [0.05, 0.1) is 0 Å². The first kappa shape index (κ1) is 11.3. The number of piperazine rings is 1. The van der Waals surface area contributed by atoms with E-state index in [-0.39, 0.29) is 0 Å². The molecule has 1 rings (SSSR count). The molecule has 2 atom stereocenters. The largest absolute Gasteiger partial charge is 0.301 e. The molecular weight excluding hydrogens is 180 g/mol. The van der Waals surface area contributed by atoms with Crippen molar-refractivity contribution in [3.05, 3.63) is 0 Å². The summed E-state index contributed by atoms with van der Waals surface area (Å²) in [6, 6.07) is 0.709. The fourth-order valence-corrected chi connectivity index (χ4v) is 1.90. The Morgan fingerprint density at radius 2 is 2.15 bits per heavy atom. The first-order chi connectivity index (χ1) is 6.13. The van der Waals surface area contributed by atoms with E-state index in [4.69, 9.17) is 0 Å². The van der Waals surface area contributed by atoms with Crippen LogP contribution in [0.3, 0.4) is 0 Å². The van der Waals surface area contributed by atoms with Crippen LogP contribution < -0.4 is 0 Å². The average Bonchev–Trinajstić information content (AvgIpc) is 2.11. The summed E-state index contributed by atoms with van der Waals surface area (Å²) in [6.45, 7) is 9.43. The van der Waals surface area contributed by atoms with Gasteiger partial charge in [-0.2, -0.15) is 12.6 Å². The van der Waals surface area contributed by atoms with Crippen molar-refractivity contribution in [2.75, 3.05) is 39.0 Å². The summed E-state index contributed by atoms with van der Waals surface area (Å²) in [5.74, 6) is 1.72. The lowest BCUT2D eigenvalue weighted by atomic mass is 10.1. The second-order valence-corrected chi connectivity index (χ2v) is 4.74. The topological polar surface area (TPSA) is 6.48 Å². The van der Waals surface area contributed by atoms with Gasteiger partial charge in [0.25, 0.3) is 0 Å². The normalized spacial score (nSPS) is 29.1. The van der Waals surface area contributed by atoms with Crippen molar-refractivity contribution in [3.8, 4) is 0 Å². The highest BCUT2D eigenvalue weighted by atomic mass is 32.1.